The van der Waals surface area contributed by atoms with E-state index in [1.165, 1.54) is 0 Å². The summed E-state index contributed by atoms with van der Waals surface area (Å²) in [4.78, 5) is 8.58. The molecular weight excluding hydrogens is 252 g/mol. The molecule has 2 heterocycles. The highest BCUT2D eigenvalue weighted by Crippen LogP contribution is 2.19. The molecule has 1 atom stereocenters. The highest BCUT2D eigenvalue weighted by molar-refractivity contribution is 5.57. The Bertz CT molecular complexity index is 550. The van der Waals surface area contributed by atoms with Gasteiger partial charge in [0.2, 0.25) is 11.7 Å². The zero-order chi connectivity index (χ0) is 14.5. The normalized spacial score (nSPS) is 12.8. The molecule has 5 nitrogen and oxygen atoms in total. The van der Waals surface area contributed by atoms with Gasteiger partial charge in [0.05, 0.1) is 0 Å². The summed E-state index contributed by atoms with van der Waals surface area (Å²) in [6, 6.07) is 2.26. The average molecular weight is 274 g/mol. The maximum atomic E-state index is 5.38. The van der Waals surface area contributed by atoms with E-state index in [0.29, 0.717) is 23.7 Å². The number of aryl methyl sites for hydroxylation is 1. The van der Waals surface area contributed by atoms with E-state index in [1.807, 2.05) is 13.0 Å². The number of nitrogens with one attached hydrogen (secondary N) is 1. The Morgan fingerprint density at radius 1 is 1.35 bits per heavy atom. The third-order valence-corrected chi connectivity index (χ3v) is 3.39. The Kier molecular flexibility index (Phi) is 4.84. The number of likely N-dealkylation sites (N-methyl/N-ethyl adjacent to an activating group) is 1. The minimum atomic E-state index is 0.354. The Hall–Kier alpha value is -1.75. The zero-order valence-corrected chi connectivity index (χ0v) is 12.6. The maximum Gasteiger partial charge on any atom is 0.228 e. The lowest BCUT2D eigenvalue weighted by atomic mass is 10.0. The van der Waals surface area contributed by atoms with Gasteiger partial charge in [-0.15, -0.1) is 0 Å². The van der Waals surface area contributed by atoms with Crippen molar-refractivity contribution in [2.75, 3.05) is 6.54 Å². The summed E-state index contributed by atoms with van der Waals surface area (Å²) >= 11 is 0. The van der Waals surface area contributed by atoms with Gasteiger partial charge in [-0.2, -0.15) is 4.98 Å². The van der Waals surface area contributed by atoms with Gasteiger partial charge in [0.1, 0.15) is 0 Å². The molecule has 2 rings (SSSR count). The Morgan fingerprint density at radius 3 is 2.80 bits per heavy atom. The molecule has 2 aromatic rings. The fourth-order valence-corrected chi connectivity index (χ4v) is 2.17. The van der Waals surface area contributed by atoms with Crippen LogP contribution in [0.3, 0.4) is 0 Å². The van der Waals surface area contributed by atoms with E-state index >= 15 is 0 Å². The molecule has 0 aliphatic rings. The SMILES string of the molecule is CCNC(Cc1nc(-c2ccncc2C)no1)C(C)C. The van der Waals surface area contributed by atoms with Crippen molar-refractivity contribution in [1.29, 1.82) is 0 Å². The van der Waals surface area contributed by atoms with Crippen molar-refractivity contribution in [3.05, 3.63) is 29.9 Å². The van der Waals surface area contributed by atoms with Crippen molar-refractivity contribution in [3.8, 4) is 11.4 Å². The zero-order valence-electron chi connectivity index (χ0n) is 12.6. The quantitative estimate of drug-likeness (QED) is 0.877. The topological polar surface area (TPSA) is 63.8 Å². The summed E-state index contributed by atoms with van der Waals surface area (Å²) in [5.74, 6) is 1.84. The van der Waals surface area contributed by atoms with E-state index in [4.69, 9.17) is 4.52 Å². The molecule has 0 amide bonds. The van der Waals surface area contributed by atoms with Crippen molar-refractivity contribution in [2.24, 2.45) is 5.92 Å². The Balaban J connectivity index is 2.15. The molecule has 0 spiro atoms. The molecule has 108 valence electrons. The van der Waals surface area contributed by atoms with E-state index in [1.54, 1.807) is 12.4 Å². The molecule has 0 saturated heterocycles. The van der Waals surface area contributed by atoms with Crippen LogP contribution in [-0.2, 0) is 6.42 Å². The van der Waals surface area contributed by atoms with Gasteiger partial charge in [-0.1, -0.05) is 25.9 Å². The molecular formula is C15H22N4O. The van der Waals surface area contributed by atoms with Crippen molar-refractivity contribution in [2.45, 2.75) is 40.2 Å². The standard InChI is InChI=1S/C15H22N4O/c1-5-17-13(10(2)3)8-14-18-15(19-20-14)12-6-7-16-9-11(12)4/h6-7,9-10,13,17H,5,8H2,1-4H3. The molecule has 0 saturated carbocycles. The van der Waals surface area contributed by atoms with Gasteiger partial charge in [-0.3, -0.25) is 4.98 Å². The van der Waals surface area contributed by atoms with Crippen LogP contribution in [0.15, 0.2) is 23.0 Å². The van der Waals surface area contributed by atoms with E-state index in [9.17, 15) is 0 Å². The van der Waals surface area contributed by atoms with Crippen LogP contribution < -0.4 is 5.32 Å². The first kappa shape index (κ1) is 14.7. The lowest BCUT2D eigenvalue weighted by Gasteiger charge is -2.19. The van der Waals surface area contributed by atoms with E-state index in [0.717, 1.165) is 24.1 Å². The van der Waals surface area contributed by atoms with Crippen LogP contribution in [0.1, 0.15) is 32.2 Å². The molecule has 0 aliphatic carbocycles. The molecule has 2 aromatic heterocycles. The van der Waals surface area contributed by atoms with Gasteiger partial charge >= 0.3 is 0 Å². The molecule has 1 N–H and O–H groups in total. The summed E-state index contributed by atoms with van der Waals surface area (Å²) in [6.45, 7) is 9.42. The van der Waals surface area contributed by atoms with Gasteiger partial charge in [0.15, 0.2) is 0 Å². The van der Waals surface area contributed by atoms with E-state index in [-0.39, 0.29) is 0 Å². The number of nitrogens with zero attached hydrogens (tertiary/aromatic N) is 3. The number of hydrogen-bond donors (Lipinski definition) is 1. The second-order valence-electron chi connectivity index (χ2n) is 5.31. The van der Waals surface area contributed by atoms with Crippen molar-refractivity contribution < 1.29 is 4.52 Å². The maximum absolute atomic E-state index is 5.38. The first-order valence-electron chi connectivity index (χ1n) is 7.08. The summed E-state index contributed by atoms with van der Waals surface area (Å²) in [7, 11) is 0. The van der Waals surface area contributed by atoms with Crippen molar-refractivity contribution in [1.82, 2.24) is 20.4 Å². The second kappa shape index (κ2) is 6.61. The van der Waals surface area contributed by atoms with Crippen LogP contribution in [0, 0.1) is 12.8 Å². The Labute approximate surface area is 119 Å². The highest BCUT2D eigenvalue weighted by Gasteiger charge is 2.18. The molecule has 20 heavy (non-hydrogen) atoms. The van der Waals surface area contributed by atoms with Gasteiger partial charge in [0, 0.05) is 30.4 Å². The van der Waals surface area contributed by atoms with Crippen LogP contribution in [0.5, 0.6) is 0 Å². The minimum Gasteiger partial charge on any atom is -0.339 e. The predicted octanol–water partition coefficient (Wildman–Crippen LogP) is 2.62. The predicted molar refractivity (Wildman–Crippen MR) is 78.3 cm³/mol. The van der Waals surface area contributed by atoms with Gasteiger partial charge in [-0.05, 0) is 31.0 Å². The smallest absolute Gasteiger partial charge is 0.228 e. The number of rotatable bonds is 6. The van der Waals surface area contributed by atoms with Crippen molar-refractivity contribution in [3.63, 3.8) is 0 Å². The van der Waals surface area contributed by atoms with Gasteiger partial charge in [0.25, 0.3) is 0 Å². The minimum absolute atomic E-state index is 0.354. The van der Waals surface area contributed by atoms with Gasteiger partial charge < -0.3 is 9.84 Å². The van der Waals surface area contributed by atoms with Gasteiger partial charge in [-0.25, -0.2) is 0 Å². The third kappa shape index (κ3) is 3.42. The fourth-order valence-electron chi connectivity index (χ4n) is 2.17. The van der Waals surface area contributed by atoms with Crippen LogP contribution in [-0.4, -0.2) is 27.7 Å². The number of aromatic nitrogens is 3. The molecule has 0 aliphatic heterocycles. The molecule has 0 aromatic carbocycles. The Morgan fingerprint density at radius 2 is 2.15 bits per heavy atom. The second-order valence-corrected chi connectivity index (χ2v) is 5.31. The number of pyridine rings is 1. The van der Waals surface area contributed by atoms with Crippen LogP contribution in [0.2, 0.25) is 0 Å². The molecule has 5 heteroatoms. The highest BCUT2D eigenvalue weighted by atomic mass is 16.5. The molecule has 0 radical (unpaired) electrons. The number of hydrogen-bond acceptors (Lipinski definition) is 5. The monoisotopic (exact) mass is 274 g/mol. The molecule has 0 bridgehead atoms. The third-order valence-electron chi connectivity index (χ3n) is 3.39. The lowest BCUT2D eigenvalue weighted by Crippen LogP contribution is -2.35. The van der Waals surface area contributed by atoms with E-state index in [2.05, 4.69) is 41.2 Å². The van der Waals surface area contributed by atoms with Crippen molar-refractivity contribution >= 4 is 0 Å². The lowest BCUT2D eigenvalue weighted by molar-refractivity contribution is 0.329. The summed E-state index contributed by atoms with van der Waals surface area (Å²) in [6.07, 6.45) is 4.30. The first-order chi connectivity index (χ1) is 9.61. The summed E-state index contributed by atoms with van der Waals surface area (Å²) < 4.78 is 5.38. The van der Waals surface area contributed by atoms with Crippen LogP contribution >= 0.6 is 0 Å². The average Bonchev–Trinajstić information content (AvgIpc) is 2.87. The molecule has 1 unspecified atom stereocenters. The first-order valence-corrected chi connectivity index (χ1v) is 7.08. The van der Waals surface area contributed by atoms with Crippen LogP contribution in [0.25, 0.3) is 11.4 Å². The van der Waals surface area contributed by atoms with E-state index < -0.39 is 0 Å². The van der Waals surface area contributed by atoms with Crippen LogP contribution in [0.4, 0.5) is 0 Å². The summed E-state index contributed by atoms with van der Waals surface area (Å²) in [5.41, 5.74) is 2.02. The molecule has 0 fully saturated rings. The largest absolute Gasteiger partial charge is 0.339 e. The summed E-state index contributed by atoms with van der Waals surface area (Å²) in [5, 5.41) is 7.53. The fraction of sp³-hybridized carbons (Fsp3) is 0.533.